The molecule has 2 atom stereocenters. The average Bonchev–Trinajstić information content (AvgIpc) is 3.37. The third-order valence-corrected chi connectivity index (χ3v) is 7.14. The van der Waals surface area contributed by atoms with Gasteiger partial charge in [-0.2, -0.15) is 0 Å². The summed E-state index contributed by atoms with van der Waals surface area (Å²) in [4.78, 5) is 36.2. The van der Waals surface area contributed by atoms with E-state index in [0.717, 1.165) is 30.4 Å². The Labute approximate surface area is 206 Å². The number of nitrogens with one attached hydrogen (secondary N) is 2. The van der Waals surface area contributed by atoms with Crippen molar-refractivity contribution in [3.63, 3.8) is 0 Å². The fourth-order valence-corrected chi connectivity index (χ4v) is 5.41. The number of hydrogen-bond acceptors (Lipinski definition) is 4. The SMILES string of the molecule is CC(C)(CNC(=O)OCC1c2ccccc2-c2ccccc21)CC(=O)N[C@@H]1CCC[C@H]1CC(=O)O. The van der Waals surface area contributed by atoms with Crippen molar-refractivity contribution in [1.82, 2.24) is 10.6 Å². The van der Waals surface area contributed by atoms with Crippen molar-refractivity contribution in [2.45, 2.75) is 57.9 Å². The lowest BCUT2D eigenvalue weighted by Crippen LogP contribution is -2.42. The summed E-state index contributed by atoms with van der Waals surface area (Å²) in [5.41, 5.74) is 4.20. The first-order valence-corrected chi connectivity index (χ1v) is 12.3. The largest absolute Gasteiger partial charge is 0.481 e. The molecule has 0 unspecified atom stereocenters. The number of rotatable bonds is 9. The number of amides is 2. The number of fused-ring (bicyclic) bond motifs is 3. The Bertz CT molecular complexity index is 1050. The second-order valence-corrected chi connectivity index (χ2v) is 10.5. The minimum atomic E-state index is -0.830. The summed E-state index contributed by atoms with van der Waals surface area (Å²) in [5, 5.41) is 14.9. The average molecular weight is 479 g/mol. The van der Waals surface area contributed by atoms with Crippen molar-refractivity contribution in [3.8, 4) is 11.1 Å². The number of aliphatic carboxylic acids is 1. The molecule has 7 nitrogen and oxygen atoms in total. The van der Waals surface area contributed by atoms with E-state index in [1.54, 1.807) is 0 Å². The molecule has 0 spiro atoms. The molecule has 1 fully saturated rings. The van der Waals surface area contributed by atoms with E-state index in [1.165, 1.54) is 11.1 Å². The Morgan fingerprint density at radius 2 is 1.63 bits per heavy atom. The first kappa shape index (κ1) is 24.8. The van der Waals surface area contributed by atoms with Gasteiger partial charge in [0.15, 0.2) is 0 Å². The van der Waals surface area contributed by atoms with Gasteiger partial charge in [0.1, 0.15) is 6.61 Å². The molecule has 35 heavy (non-hydrogen) atoms. The molecule has 0 saturated heterocycles. The number of alkyl carbamates (subject to hydrolysis) is 1. The molecule has 4 rings (SSSR count). The number of carbonyl (C=O) groups excluding carboxylic acids is 2. The zero-order valence-electron chi connectivity index (χ0n) is 20.4. The molecule has 1 saturated carbocycles. The maximum absolute atomic E-state index is 12.6. The Hall–Kier alpha value is -3.35. The van der Waals surface area contributed by atoms with Gasteiger partial charge in [0.05, 0.1) is 6.42 Å². The van der Waals surface area contributed by atoms with E-state index in [-0.39, 0.29) is 43.2 Å². The Kier molecular flexibility index (Phi) is 7.43. The molecule has 186 valence electrons. The standard InChI is InChI=1S/C28H34N2O5/c1-28(2,15-25(31)30-24-13-7-8-18(24)14-26(32)33)17-29-27(34)35-16-23-21-11-5-3-9-19(21)20-10-4-6-12-22(20)23/h3-6,9-12,18,23-24H,7-8,13-17H2,1-2H3,(H,29,34)(H,30,31)(H,32,33)/t18-,24+/m0/s1. The summed E-state index contributed by atoms with van der Waals surface area (Å²) in [7, 11) is 0. The number of carboxylic acid groups (broad SMARTS) is 1. The highest BCUT2D eigenvalue weighted by molar-refractivity contribution is 5.79. The van der Waals surface area contributed by atoms with Crippen molar-refractivity contribution in [1.29, 1.82) is 0 Å². The van der Waals surface area contributed by atoms with Crippen LogP contribution in [0.4, 0.5) is 4.79 Å². The lowest BCUT2D eigenvalue weighted by molar-refractivity contribution is -0.138. The van der Waals surface area contributed by atoms with E-state index < -0.39 is 17.5 Å². The van der Waals surface area contributed by atoms with Crippen LogP contribution in [0, 0.1) is 11.3 Å². The van der Waals surface area contributed by atoms with E-state index in [4.69, 9.17) is 9.84 Å². The lowest BCUT2D eigenvalue weighted by atomic mass is 9.88. The zero-order valence-corrected chi connectivity index (χ0v) is 20.4. The van der Waals surface area contributed by atoms with Crippen molar-refractivity contribution >= 4 is 18.0 Å². The molecule has 2 aromatic rings. The lowest BCUT2D eigenvalue weighted by Gasteiger charge is -2.26. The highest BCUT2D eigenvalue weighted by Gasteiger charge is 2.32. The predicted octanol–water partition coefficient (Wildman–Crippen LogP) is 4.70. The Morgan fingerprint density at radius 3 is 2.26 bits per heavy atom. The van der Waals surface area contributed by atoms with Gasteiger partial charge in [-0.25, -0.2) is 4.79 Å². The van der Waals surface area contributed by atoms with Crippen LogP contribution in [0.15, 0.2) is 48.5 Å². The number of ether oxygens (including phenoxy) is 1. The van der Waals surface area contributed by atoms with Gasteiger partial charge in [0.25, 0.3) is 0 Å². The number of carbonyl (C=O) groups is 3. The molecular formula is C28H34N2O5. The van der Waals surface area contributed by atoms with Gasteiger partial charge in [-0.15, -0.1) is 0 Å². The normalized spacial score (nSPS) is 19.0. The second kappa shape index (κ2) is 10.5. The molecular weight excluding hydrogens is 444 g/mol. The molecule has 2 aliphatic rings. The van der Waals surface area contributed by atoms with Crippen molar-refractivity contribution < 1.29 is 24.2 Å². The molecule has 2 amide bonds. The Morgan fingerprint density at radius 1 is 1.00 bits per heavy atom. The molecule has 0 aromatic heterocycles. The van der Waals surface area contributed by atoms with Crippen molar-refractivity contribution in [2.75, 3.05) is 13.2 Å². The van der Waals surface area contributed by atoms with Crippen LogP contribution in [0.1, 0.15) is 63.0 Å². The minimum absolute atomic E-state index is 0.00269. The minimum Gasteiger partial charge on any atom is -0.481 e. The van der Waals surface area contributed by atoms with E-state index in [0.29, 0.717) is 6.54 Å². The molecule has 2 aliphatic carbocycles. The van der Waals surface area contributed by atoms with Crippen LogP contribution in [-0.4, -0.2) is 42.3 Å². The summed E-state index contributed by atoms with van der Waals surface area (Å²) in [6, 6.07) is 16.3. The number of hydrogen-bond donors (Lipinski definition) is 3. The van der Waals surface area contributed by atoms with Crippen LogP contribution in [0.2, 0.25) is 0 Å². The highest BCUT2D eigenvalue weighted by Crippen LogP contribution is 2.44. The summed E-state index contributed by atoms with van der Waals surface area (Å²) >= 11 is 0. The van der Waals surface area contributed by atoms with Gasteiger partial charge in [-0.05, 0) is 46.4 Å². The molecule has 0 aliphatic heterocycles. The van der Waals surface area contributed by atoms with Crippen molar-refractivity contribution in [3.05, 3.63) is 59.7 Å². The first-order valence-electron chi connectivity index (χ1n) is 12.3. The highest BCUT2D eigenvalue weighted by atomic mass is 16.5. The fourth-order valence-electron chi connectivity index (χ4n) is 5.41. The van der Waals surface area contributed by atoms with E-state index in [9.17, 15) is 14.4 Å². The monoisotopic (exact) mass is 478 g/mol. The van der Waals surface area contributed by atoms with Gasteiger partial charge >= 0.3 is 12.1 Å². The summed E-state index contributed by atoms with van der Waals surface area (Å²) in [6.45, 7) is 4.37. The topological polar surface area (TPSA) is 105 Å². The molecule has 3 N–H and O–H groups in total. The quantitative estimate of drug-likeness (QED) is 0.485. The molecule has 7 heteroatoms. The molecule has 0 radical (unpaired) electrons. The number of carboxylic acids is 1. The second-order valence-electron chi connectivity index (χ2n) is 10.5. The van der Waals surface area contributed by atoms with Gasteiger partial charge in [0.2, 0.25) is 5.91 Å². The molecule has 0 heterocycles. The van der Waals surface area contributed by atoms with Crippen LogP contribution in [0.3, 0.4) is 0 Å². The molecule has 0 bridgehead atoms. The summed E-state index contributed by atoms with van der Waals surface area (Å²) in [5.74, 6) is -0.967. The van der Waals surface area contributed by atoms with E-state index in [2.05, 4.69) is 34.9 Å². The van der Waals surface area contributed by atoms with E-state index >= 15 is 0 Å². The van der Waals surface area contributed by atoms with Gasteiger partial charge in [0, 0.05) is 24.9 Å². The Balaban J connectivity index is 1.25. The molecule has 2 aromatic carbocycles. The summed E-state index contributed by atoms with van der Waals surface area (Å²) < 4.78 is 5.59. The third kappa shape index (κ3) is 6.02. The third-order valence-electron chi connectivity index (χ3n) is 7.14. The van der Waals surface area contributed by atoms with Crippen LogP contribution in [0.25, 0.3) is 11.1 Å². The maximum Gasteiger partial charge on any atom is 0.407 e. The van der Waals surface area contributed by atoms with E-state index in [1.807, 2.05) is 38.1 Å². The fraction of sp³-hybridized carbons (Fsp3) is 0.464. The van der Waals surface area contributed by atoms with Gasteiger partial charge in [-0.1, -0.05) is 68.8 Å². The first-order chi connectivity index (χ1) is 16.7. The summed E-state index contributed by atoms with van der Waals surface area (Å²) in [6.07, 6.45) is 2.37. The van der Waals surface area contributed by atoms with Crippen molar-refractivity contribution in [2.24, 2.45) is 11.3 Å². The predicted molar refractivity (Wildman–Crippen MR) is 133 cm³/mol. The maximum atomic E-state index is 12.6. The van der Waals surface area contributed by atoms with Crippen LogP contribution >= 0.6 is 0 Å². The van der Waals surface area contributed by atoms with Crippen LogP contribution < -0.4 is 10.6 Å². The van der Waals surface area contributed by atoms with Gasteiger partial charge < -0.3 is 20.5 Å². The number of benzene rings is 2. The van der Waals surface area contributed by atoms with Crippen LogP contribution in [-0.2, 0) is 14.3 Å². The smallest absolute Gasteiger partial charge is 0.407 e. The zero-order chi connectivity index (χ0) is 25.0. The van der Waals surface area contributed by atoms with Gasteiger partial charge in [-0.3, -0.25) is 9.59 Å². The van der Waals surface area contributed by atoms with Crippen LogP contribution in [0.5, 0.6) is 0 Å².